The molecule has 0 saturated heterocycles. The summed E-state index contributed by atoms with van der Waals surface area (Å²) in [5.41, 5.74) is 1.51. The summed E-state index contributed by atoms with van der Waals surface area (Å²) in [6.07, 6.45) is 0. The molecule has 2 aromatic rings. The van der Waals surface area contributed by atoms with Gasteiger partial charge in [-0.15, -0.1) is 11.8 Å². The number of fused-ring (bicyclic) bond motifs is 3. The fourth-order valence-electron chi connectivity index (χ4n) is 1.64. The molecular weight excluding hydrogens is 164 g/mol. The van der Waals surface area contributed by atoms with E-state index in [1.165, 1.54) is 27.0 Å². The highest BCUT2D eigenvalue weighted by molar-refractivity contribution is 8.00. The van der Waals surface area contributed by atoms with Crippen molar-refractivity contribution in [2.45, 2.75) is 10.6 Å². The normalized spacial score (nSPS) is 14.0. The second-order valence-corrected chi connectivity index (χ2v) is 4.05. The fourth-order valence-corrected chi connectivity index (χ4v) is 2.60. The molecule has 0 atom stereocenters. The van der Waals surface area contributed by atoms with Crippen LogP contribution >= 0.6 is 11.8 Å². The highest BCUT2D eigenvalue weighted by Crippen LogP contribution is 2.42. The second-order valence-electron chi connectivity index (χ2n) is 3.06. The number of thioether (sulfide) groups is 1. The van der Waals surface area contributed by atoms with E-state index in [1.807, 2.05) is 11.8 Å². The summed E-state index contributed by atoms with van der Waals surface area (Å²) in [6.45, 7) is 0. The van der Waals surface area contributed by atoms with Crippen molar-refractivity contribution in [3.8, 4) is 0 Å². The zero-order valence-electron chi connectivity index (χ0n) is 6.58. The van der Waals surface area contributed by atoms with Crippen molar-refractivity contribution in [1.82, 2.24) is 0 Å². The number of hydrogen-bond donors (Lipinski definition) is 0. The average Bonchev–Trinajstić information content (AvgIpc) is 2.05. The molecule has 1 heteroatoms. The van der Waals surface area contributed by atoms with Crippen LogP contribution in [0.4, 0.5) is 0 Å². The molecule has 2 aromatic carbocycles. The SMILES string of the molecule is c1ccc2c3c(ccc2c1)CS3. The molecule has 0 radical (unpaired) electrons. The molecule has 0 N–H and O–H groups in total. The van der Waals surface area contributed by atoms with Gasteiger partial charge in [0.05, 0.1) is 0 Å². The Hall–Kier alpha value is -0.950. The molecular formula is C11H8S. The maximum absolute atomic E-state index is 2.24. The summed E-state index contributed by atoms with van der Waals surface area (Å²) in [5.74, 6) is 1.19. The number of rotatable bonds is 0. The van der Waals surface area contributed by atoms with Crippen molar-refractivity contribution in [1.29, 1.82) is 0 Å². The Kier molecular flexibility index (Phi) is 1.24. The van der Waals surface area contributed by atoms with Gasteiger partial charge >= 0.3 is 0 Å². The Labute approximate surface area is 75.6 Å². The van der Waals surface area contributed by atoms with E-state index in [0.29, 0.717) is 0 Å². The highest BCUT2D eigenvalue weighted by Gasteiger charge is 2.15. The minimum Gasteiger partial charge on any atom is -0.120 e. The van der Waals surface area contributed by atoms with Crippen LogP contribution in [0, 0.1) is 0 Å². The zero-order chi connectivity index (χ0) is 7.97. The molecule has 3 rings (SSSR count). The van der Waals surface area contributed by atoms with E-state index in [0.717, 1.165) is 0 Å². The fraction of sp³-hybridized carbons (Fsp3) is 0.0909. The van der Waals surface area contributed by atoms with Gasteiger partial charge in [0.25, 0.3) is 0 Å². The molecule has 12 heavy (non-hydrogen) atoms. The van der Waals surface area contributed by atoms with E-state index in [4.69, 9.17) is 0 Å². The van der Waals surface area contributed by atoms with Crippen LogP contribution < -0.4 is 0 Å². The summed E-state index contributed by atoms with van der Waals surface area (Å²) in [5, 5.41) is 2.79. The Morgan fingerprint density at radius 2 is 1.92 bits per heavy atom. The van der Waals surface area contributed by atoms with E-state index in [2.05, 4.69) is 36.4 Å². The Morgan fingerprint density at radius 3 is 2.75 bits per heavy atom. The summed E-state index contributed by atoms with van der Waals surface area (Å²) in [6, 6.07) is 13.1. The van der Waals surface area contributed by atoms with Gasteiger partial charge in [-0.1, -0.05) is 36.4 Å². The van der Waals surface area contributed by atoms with Crippen LogP contribution in [0.25, 0.3) is 10.8 Å². The Morgan fingerprint density at radius 1 is 1.00 bits per heavy atom. The van der Waals surface area contributed by atoms with Crippen LogP contribution in [0.2, 0.25) is 0 Å². The molecule has 0 amide bonds. The number of hydrogen-bond acceptors (Lipinski definition) is 1. The first kappa shape index (κ1) is 6.55. The molecule has 58 valence electrons. The minimum absolute atomic E-state index is 1.19. The van der Waals surface area contributed by atoms with E-state index >= 15 is 0 Å². The predicted octanol–water partition coefficient (Wildman–Crippen LogP) is 3.45. The molecule has 0 spiro atoms. The Bertz CT molecular complexity index is 446. The van der Waals surface area contributed by atoms with Crippen LogP contribution in [0.15, 0.2) is 41.3 Å². The third kappa shape index (κ3) is 0.745. The van der Waals surface area contributed by atoms with Crippen LogP contribution in [0.5, 0.6) is 0 Å². The lowest BCUT2D eigenvalue weighted by atomic mass is 10.1. The summed E-state index contributed by atoms with van der Waals surface area (Å²) >= 11 is 1.96. The first-order valence-corrected chi connectivity index (χ1v) is 5.07. The standard InChI is InChI=1S/C11H8S/c1-2-4-10-8(3-1)5-6-9-7-12-11(9)10/h1-6H,7H2. The van der Waals surface area contributed by atoms with E-state index in [-0.39, 0.29) is 0 Å². The molecule has 0 unspecified atom stereocenters. The van der Waals surface area contributed by atoms with Gasteiger partial charge < -0.3 is 0 Å². The predicted molar refractivity (Wildman–Crippen MR) is 53.5 cm³/mol. The van der Waals surface area contributed by atoms with Gasteiger partial charge in [-0.3, -0.25) is 0 Å². The Balaban J connectivity index is 2.49. The zero-order valence-corrected chi connectivity index (χ0v) is 7.40. The maximum atomic E-state index is 2.24. The molecule has 0 aromatic heterocycles. The molecule has 0 bridgehead atoms. The van der Waals surface area contributed by atoms with Gasteiger partial charge in [-0.2, -0.15) is 0 Å². The lowest BCUT2D eigenvalue weighted by Crippen LogP contribution is -1.96. The smallest absolute Gasteiger partial charge is 0.0243 e. The molecule has 1 heterocycles. The van der Waals surface area contributed by atoms with Gasteiger partial charge in [-0.05, 0) is 16.3 Å². The van der Waals surface area contributed by atoms with Crippen molar-refractivity contribution in [2.24, 2.45) is 0 Å². The van der Waals surface area contributed by atoms with Crippen molar-refractivity contribution >= 4 is 22.5 Å². The van der Waals surface area contributed by atoms with Crippen LogP contribution in [-0.2, 0) is 5.75 Å². The largest absolute Gasteiger partial charge is 0.120 e. The van der Waals surface area contributed by atoms with Gasteiger partial charge in [0, 0.05) is 10.6 Å². The summed E-state index contributed by atoms with van der Waals surface area (Å²) < 4.78 is 0. The van der Waals surface area contributed by atoms with E-state index < -0.39 is 0 Å². The van der Waals surface area contributed by atoms with Gasteiger partial charge in [0.1, 0.15) is 0 Å². The topological polar surface area (TPSA) is 0 Å². The van der Waals surface area contributed by atoms with Crippen molar-refractivity contribution < 1.29 is 0 Å². The van der Waals surface area contributed by atoms with E-state index in [1.54, 1.807) is 0 Å². The maximum Gasteiger partial charge on any atom is 0.0243 e. The molecule has 0 fully saturated rings. The first-order valence-electron chi connectivity index (χ1n) is 4.08. The minimum atomic E-state index is 1.19. The van der Waals surface area contributed by atoms with Gasteiger partial charge in [0.2, 0.25) is 0 Å². The molecule has 0 aliphatic carbocycles. The molecule has 1 aliphatic heterocycles. The highest BCUT2D eigenvalue weighted by atomic mass is 32.2. The molecule has 0 saturated carbocycles. The molecule has 0 nitrogen and oxygen atoms in total. The average molecular weight is 172 g/mol. The third-order valence-electron chi connectivity index (χ3n) is 2.33. The second kappa shape index (κ2) is 2.27. The lowest BCUT2D eigenvalue weighted by Gasteiger charge is -2.19. The number of benzene rings is 2. The van der Waals surface area contributed by atoms with Gasteiger partial charge in [-0.25, -0.2) is 0 Å². The van der Waals surface area contributed by atoms with Crippen molar-refractivity contribution in [3.63, 3.8) is 0 Å². The monoisotopic (exact) mass is 172 g/mol. The van der Waals surface area contributed by atoms with Crippen LogP contribution in [0.1, 0.15) is 5.56 Å². The van der Waals surface area contributed by atoms with Gasteiger partial charge in [0.15, 0.2) is 0 Å². The molecule has 1 aliphatic rings. The third-order valence-corrected chi connectivity index (χ3v) is 3.56. The quantitative estimate of drug-likeness (QED) is 0.586. The first-order chi connectivity index (χ1) is 5.95. The summed E-state index contributed by atoms with van der Waals surface area (Å²) in [4.78, 5) is 1.49. The lowest BCUT2D eigenvalue weighted by molar-refractivity contribution is 1.24. The van der Waals surface area contributed by atoms with Crippen LogP contribution in [-0.4, -0.2) is 0 Å². The van der Waals surface area contributed by atoms with Crippen LogP contribution in [0.3, 0.4) is 0 Å². The van der Waals surface area contributed by atoms with Crippen molar-refractivity contribution in [2.75, 3.05) is 0 Å². The van der Waals surface area contributed by atoms with Crippen molar-refractivity contribution in [3.05, 3.63) is 42.0 Å². The summed E-state index contributed by atoms with van der Waals surface area (Å²) in [7, 11) is 0. The van der Waals surface area contributed by atoms with E-state index in [9.17, 15) is 0 Å².